The number of piperazine rings is 1. The van der Waals surface area contributed by atoms with Crippen LogP contribution in [0.15, 0.2) is 0 Å². The van der Waals surface area contributed by atoms with E-state index >= 15 is 0 Å². The maximum atomic E-state index is 12.1. The second-order valence-electron chi connectivity index (χ2n) is 6.71. The van der Waals surface area contributed by atoms with Crippen molar-refractivity contribution in [2.45, 2.75) is 50.4 Å². The van der Waals surface area contributed by atoms with Gasteiger partial charge in [0.15, 0.2) is 0 Å². The fourth-order valence-electron chi connectivity index (χ4n) is 3.37. The molecule has 0 radical (unpaired) electrons. The Morgan fingerprint density at radius 2 is 2.00 bits per heavy atom. The lowest BCUT2D eigenvalue weighted by atomic mass is 10.2. The molecule has 0 spiro atoms. The molecule has 3 atom stereocenters. The molecule has 2 rings (SSSR count). The second-order valence-corrected chi connectivity index (χ2v) is 8.29. The minimum atomic E-state index is 0.00813. The fourth-order valence-corrected chi connectivity index (χ4v) is 4.52. The third-order valence-electron chi connectivity index (χ3n) is 4.63. The number of amides is 2. The summed E-state index contributed by atoms with van der Waals surface area (Å²) in [6, 6.07) is 0.569. The normalized spacial score (nSPS) is 28.5. The number of likely N-dealkylation sites (N-methyl/N-ethyl adjacent to an activating group) is 1. The summed E-state index contributed by atoms with van der Waals surface area (Å²) in [6.45, 7) is 9.70. The Balaban J connectivity index is 1.62. The standard InChI is InChI=1S/C16H32N4OS/c1-4-22-15-6-5-14(11-15)18-16(21)17-13(2)12-20-9-7-19(3)8-10-20/h13-15H,4-12H2,1-3H3,(H2,17,18,21)/t13-,14+,15-/m1/s1. The van der Waals surface area contributed by atoms with E-state index in [4.69, 9.17) is 0 Å². The van der Waals surface area contributed by atoms with Gasteiger partial charge in [-0.05, 0) is 39.0 Å². The fraction of sp³-hybridized carbons (Fsp3) is 0.938. The molecule has 0 aromatic heterocycles. The molecular weight excluding hydrogens is 296 g/mol. The van der Waals surface area contributed by atoms with Gasteiger partial charge in [-0.3, -0.25) is 4.90 Å². The first-order valence-electron chi connectivity index (χ1n) is 8.66. The van der Waals surface area contributed by atoms with Crippen molar-refractivity contribution in [2.75, 3.05) is 45.5 Å². The van der Waals surface area contributed by atoms with E-state index in [0.29, 0.717) is 6.04 Å². The Labute approximate surface area is 139 Å². The summed E-state index contributed by atoms with van der Waals surface area (Å²) in [7, 11) is 2.16. The summed E-state index contributed by atoms with van der Waals surface area (Å²) < 4.78 is 0. The minimum absolute atomic E-state index is 0.00813. The summed E-state index contributed by atoms with van der Waals surface area (Å²) in [6.07, 6.45) is 3.48. The van der Waals surface area contributed by atoms with Crippen molar-refractivity contribution in [3.05, 3.63) is 0 Å². The van der Waals surface area contributed by atoms with Crippen molar-refractivity contribution in [3.8, 4) is 0 Å². The molecule has 0 bridgehead atoms. The lowest BCUT2D eigenvalue weighted by Crippen LogP contribution is -2.52. The van der Waals surface area contributed by atoms with Crippen LogP contribution in [-0.2, 0) is 0 Å². The number of urea groups is 1. The van der Waals surface area contributed by atoms with Gasteiger partial charge in [0.25, 0.3) is 0 Å². The number of carbonyl (C=O) groups is 1. The highest BCUT2D eigenvalue weighted by Crippen LogP contribution is 2.29. The highest BCUT2D eigenvalue weighted by atomic mass is 32.2. The number of rotatable bonds is 6. The van der Waals surface area contributed by atoms with E-state index in [0.717, 1.165) is 50.8 Å². The molecule has 22 heavy (non-hydrogen) atoms. The number of nitrogens with zero attached hydrogens (tertiary/aromatic N) is 2. The Bertz CT molecular complexity index is 347. The average Bonchev–Trinajstić information content (AvgIpc) is 2.88. The monoisotopic (exact) mass is 328 g/mol. The van der Waals surface area contributed by atoms with Gasteiger partial charge in [-0.25, -0.2) is 4.79 Å². The highest BCUT2D eigenvalue weighted by Gasteiger charge is 2.26. The molecule has 0 aromatic rings. The Hall–Kier alpha value is -0.460. The summed E-state index contributed by atoms with van der Waals surface area (Å²) in [5.74, 6) is 1.17. The Morgan fingerprint density at radius 3 is 2.68 bits per heavy atom. The molecule has 1 heterocycles. The zero-order valence-corrected chi connectivity index (χ0v) is 15.1. The summed E-state index contributed by atoms with van der Waals surface area (Å²) in [4.78, 5) is 16.9. The second kappa shape index (κ2) is 8.99. The van der Waals surface area contributed by atoms with Gasteiger partial charge in [0, 0.05) is 50.1 Å². The van der Waals surface area contributed by atoms with E-state index in [1.54, 1.807) is 0 Å². The third-order valence-corrected chi connectivity index (χ3v) is 5.86. The van der Waals surface area contributed by atoms with Crippen molar-refractivity contribution < 1.29 is 4.79 Å². The van der Waals surface area contributed by atoms with Gasteiger partial charge in [-0.2, -0.15) is 11.8 Å². The predicted molar refractivity (Wildman–Crippen MR) is 94.6 cm³/mol. The Kier molecular flexibility index (Phi) is 7.31. The topological polar surface area (TPSA) is 47.6 Å². The Morgan fingerprint density at radius 1 is 1.27 bits per heavy atom. The van der Waals surface area contributed by atoms with E-state index in [2.05, 4.69) is 41.3 Å². The van der Waals surface area contributed by atoms with Gasteiger partial charge in [-0.15, -0.1) is 0 Å². The van der Waals surface area contributed by atoms with Gasteiger partial charge >= 0.3 is 6.03 Å². The molecule has 1 aliphatic carbocycles. The molecule has 2 N–H and O–H groups in total. The molecular formula is C16H32N4OS. The summed E-state index contributed by atoms with van der Waals surface area (Å²) in [5, 5.41) is 6.99. The van der Waals surface area contributed by atoms with Crippen LogP contribution in [0, 0.1) is 0 Å². The largest absolute Gasteiger partial charge is 0.335 e. The van der Waals surface area contributed by atoms with Gasteiger partial charge in [0.2, 0.25) is 0 Å². The van der Waals surface area contributed by atoms with E-state index in [1.165, 1.54) is 12.2 Å². The van der Waals surface area contributed by atoms with Crippen LogP contribution in [0.2, 0.25) is 0 Å². The van der Waals surface area contributed by atoms with Crippen LogP contribution in [0.4, 0.5) is 4.79 Å². The smallest absolute Gasteiger partial charge is 0.315 e. The minimum Gasteiger partial charge on any atom is -0.335 e. The first-order valence-corrected chi connectivity index (χ1v) is 9.71. The van der Waals surface area contributed by atoms with Gasteiger partial charge in [-0.1, -0.05) is 6.92 Å². The zero-order valence-electron chi connectivity index (χ0n) is 14.3. The summed E-state index contributed by atoms with van der Waals surface area (Å²) in [5.41, 5.74) is 0. The number of carbonyl (C=O) groups excluding carboxylic acids is 1. The third kappa shape index (κ3) is 5.97. The number of hydrogen-bond acceptors (Lipinski definition) is 4. The van der Waals surface area contributed by atoms with Crippen molar-refractivity contribution in [1.29, 1.82) is 0 Å². The number of nitrogens with one attached hydrogen (secondary N) is 2. The lowest BCUT2D eigenvalue weighted by Gasteiger charge is -2.34. The molecule has 2 aliphatic rings. The molecule has 1 aliphatic heterocycles. The van der Waals surface area contributed by atoms with Gasteiger partial charge < -0.3 is 15.5 Å². The molecule has 6 heteroatoms. The molecule has 128 valence electrons. The van der Waals surface area contributed by atoms with Crippen LogP contribution < -0.4 is 10.6 Å². The molecule has 0 unspecified atom stereocenters. The molecule has 2 amide bonds. The van der Waals surface area contributed by atoms with Gasteiger partial charge in [0.05, 0.1) is 0 Å². The van der Waals surface area contributed by atoms with Crippen LogP contribution in [0.5, 0.6) is 0 Å². The molecule has 5 nitrogen and oxygen atoms in total. The molecule has 0 aromatic carbocycles. The van der Waals surface area contributed by atoms with Crippen LogP contribution in [0.3, 0.4) is 0 Å². The van der Waals surface area contributed by atoms with E-state index < -0.39 is 0 Å². The summed E-state index contributed by atoms with van der Waals surface area (Å²) >= 11 is 2.02. The molecule has 1 saturated carbocycles. The van der Waals surface area contributed by atoms with E-state index in [-0.39, 0.29) is 12.1 Å². The first-order chi connectivity index (χ1) is 10.6. The molecule has 2 fully saturated rings. The molecule has 1 saturated heterocycles. The lowest BCUT2D eigenvalue weighted by molar-refractivity contribution is 0.144. The van der Waals surface area contributed by atoms with E-state index in [9.17, 15) is 4.79 Å². The SMILES string of the molecule is CCS[C@@H]1CC[C@H](NC(=O)N[C@H](C)CN2CCN(C)CC2)C1. The number of thioether (sulfide) groups is 1. The van der Waals surface area contributed by atoms with Crippen molar-refractivity contribution in [1.82, 2.24) is 20.4 Å². The average molecular weight is 329 g/mol. The van der Waals surface area contributed by atoms with Crippen LogP contribution in [0.1, 0.15) is 33.1 Å². The zero-order chi connectivity index (χ0) is 15.9. The quantitative estimate of drug-likeness (QED) is 0.777. The first kappa shape index (κ1) is 17.9. The number of hydrogen-bond donors (Lipinski definition) is 2. The maximum absolute atomic E-state index is 12.1. The van der Waals surface area contributed by atoms with Crippen molar-refractivity contribution in [2.24, 2.45) is 0 Å². The van der Waals surface area contributed by atoms with Crippen LogP contribution in [0.25, 0.3) is 0 Å². The van der Waals surface area contributed by atoms with Crippen LogP contribution in [-0.4, -0.2) is 78.7 Å². The predicted octanol–water partition coefficient (Wildman–Crippen LogP) is 1.60. The van der Waals surface area contributed by atoms with Crippen LogP contribution >= 0.6 is 11.8 Å². The van der Waals surface area contributed by atoms with E-state index in [1.807, 2.05) is 11.8 Å². The maximum Gasteiger partial charge on any atom is 0.315 e. The van der Waals surface area contributed by atoms with Crippen molar-refractivity contribution >= 4 is 17.8 Å². The highest BCUT2D eigenvalue weighted by molar-refractivity contribution is 7.99. The van der Waals surface area contributed by atoms with Crippen molar-refractivity contribution in [3.63, 3.8) is 0 Å². The van der Waals surface area contributed by atoms with Gasteiger partial charge in [0.1, 0.15) is 0 Å².